The van der Waals surface area contributed by atoms with Gasteiger partial charge in [0.15, 0.2) is 0 Å². The fourth-order valence-corrected chi connectivity index (χ4v) is 5.01. The molecule has 110 valence electrons. The molecule has 0 spiro atoms. The van der Waals surface area contributed by atoms with Crippen molar-refractivity contribution in [2.24, 2.45) is 11.3 Å². The molecule has 0 bridgehead atoms. The van der Waals surface area contributed by atoms with Crippen molar-refractivity contribution in [2.45, 2.75) is 45.4 Å². The summed E-state index contributed by atoms with van der Waals surface area (Å²) in [4.78, 5) is 0. The molecule has 1 fully saturated rings. The van der Waals surface area contributed by atoms with Crippen molar-refractivity contribution in [3.8, 4) is 5.75 Å². The first kappa shape index (κ1) is 13.2. The highest BCUT2D eigenvalue weighted by atomic mass is 16.5. The first-order chi connectivity index (χ1) is 10.1. The van der Waals surface area contributed by atoms with E-state index in [0.717, 1.165) is 17.6 Å². The van der Waals surface area contributed by atoms with Gasteiger partial charge in [0, 0.05) is 0 Å². The summed E-state index contributed by atoms with van der Waals surface area (Å²) >= 11 is 0. The average molecular weight is 280 g/mol. The molecule has 0 amide bonds. The summed E-state index contributed by atoms with van der Waals surface area (Å²) in [6, 6.07) is 11.2. The lowest BCUT2D eigenvalue weighted by atomic mass is 9.66. The maximum Gasteiger partial charge on any atom is 0.119 e. The highest BCUT2D eigenvalue weighted by Gasteiger charge is 2.45. The highest BCUT2D eigenvalue weighted by Crippen LogP contribution is 2.58. The maximum atomic E-state index is 5.44. The molecular formula is C20H24O. The minimum atomic E-state index is 0.527. The lowest BCUT2D eigenvalue weighted by molar-refractivity contribution is 0.248. The van der Waals surface area contributed by atoms with Gasteiger partial charge < -0.3 is 4.74 Å². The van der Waals surface area contributed by atoms with Crippen LogP contribution in [-0.2, 0) is 6.42 Å². The van der Waals surface area contributed by atoms with E-state index in [0.29, 0.717) is 5.41 Å². The molecule has 0 saturated heterocycles. The molecule has 0 N–H and O–H groups in total. The molecule has 2 aromatic rings. The Balaban J connectivity index is 1.91. The number of rotatable bonds is 1. The number of fused-ring (bicyclic) bond motifs is 5. The van der Waals surface area contributed by atoms with Gasteiger partial charge >= 0.3 is 0 Å². The van der Waals surface area contributed by atoms with Gasteiger partial charge in [-0.05, 0) is 77.0 Å². The third-order valence-corrected chi connectivity index (χ3v) is 5.99. The van der Waals surface area contributed by atoms with Crippen LogP contribution in [0.5, 0.6) is 5.75 Å². The molecule has 2 aliphatic rings. The third kappa shape index (κ3) is 1.90. The summed E-state index contributed by atoms with van der Waals surface area (Å²) in [6.07, 6.45) is 5.32. The fraction of sp³-hybridized carbons (Fsp3) is 0.500. The Hall–Kier alpha value is -1.50. The quantitative estimate of drug-likeness (QED) is 0.687. The summed E-state index contributed by atoms with van der Waals surface area (Å²) in [7, 11) is 1.76. The molecule has 21 heavy (non-hydrogen) atoms. The molecule has 0 radical (unpaired) electrons. The third-order valence-electron chi connectivity index (χ3n) is 5.99. The van der Waals surface area contributed by atoms with E-state index in [-0.39, 0.29) is 0 Å². The van der Waals surface area contributed by atoms with Gasteiger partial charge in [-0.15, -0.1) is 0 Å². The van der Waals surface area contributed by atoms with E-state index in [1.807, 2.05) is 0 Å². The maximum absolute atomic E-state index is 5.44. The Morgan fingerprint density at radius 1 is 1.19 bits per heavy atom. The summed E-state index contributed by atoms with van der Waals surface area (Å²) < 4.78 is 5.44. The van der Waals surface area contributed by atoms with Gasteiger partial charge in [0.2, 0.25) is 0 Å². The van der Waals surface area contributed by atoms with Crippen LogP contribution in [0.25, 0.3) is 10.8 Å². The van der Waals surface area contributed by atoms with E-state index in [4.69, 9.17) is 4.74 Å². The molecule has 2 aromatic carbocycles. The fourth-order valence-electron chi connectivity index (χ4n) is 5.01. The van der Waals surface area contributed by atoms with Gasteiger partial charge in [-0.25, -0.2) is 0 Å². The number of methoxy groups -OCH3 is 1. The zero-order chi connectivity index (χ0) is 14.6. The van der Waals surface area contributed by atoms with Crippen LogP contribution >= 0.6 is 0 Å². The molecule has 0 aliphatic heterocycles. The van der Waals surface area contributed by atoms with Crippen molar-refractivity contribution < 1.29 is 4.74 Å². The zero-order valence-corrected chi connectivity index (χ0v) is 13.3. The molecule has 0 aromatic heterocycles. The summed E-state index contributed by atoms with van der Waals surface area (Å²) in [5.41, 5.74) is 3.73. The Bertz CT molecular complexity index is 702. The molecule has 0 heterocycles. The smallest absolute Gasteiger partial charge is 0.119 e. The van der Waals surface area contributed by atoms with Crippen molar-refractivity contribution in [2.75, 3.05) is 7.11 Å². The first-order valence-electron chi connectivity index (χ1n) is 8.20. The molecule has 1 heteroatoms. The molecule has 3 atom stereocenters. The van der Waals surface area contributed by atoms with Crippen LogP contribution in [0, 0.1) is 11.3 Å². The van der Waals surface area contributed by atoms with Crippen LogP contribution < -0.4 is 4.74 Å². The predicted molar refractivity (Wildman–Crippen MR) is 88.1 cm³/mol. The monoisotopic (exact) mass is 280 g/mol. The van der Waals surface area contributed by atoms with Crippen molar-refractivity contribution in [3.63, 3.8) is 0 Å². The van der Waals surface area contributed by atoms with Crippen LogP contribution in [-0.4, -0.2) is 7.11 Å². The SMILES string of the molecule is COc1ccc2ccc3c(c2c1)CC[C@]1(C)C[C@@H](C)C[C@@H]31. The minimum absolute atomic E-state index is 0.527. The highest BCUT2D eigenvalue weighted by molar-refractivity contribution is 5.88. The lowest BCUT2D eigenvalue weighted by Crippen LogP contribution is -2.26. The zero-order valence-electron chi connectivity index (χ0n) is 13.3. The second-order valence-electron chi connectivity index (χ2n) is 7.47. The first-order valence-corrected chi connectivity index (χ1v) is 8.20. The van der Waals surface area contributed by atoms with Crippen LogP contribution in [0.1, 0.15) is 50.2 Å². The standard InChI is InChI=1S/C20H24O/c1-13-10-19-17-7-5-14-4-6-15(21-3)11-18(14)16(17)8-9-20(19,2)12-13/h4-7,11,13,19H,8-10,12H2,1-3H3/t13-,19-,20+/m0/s1. The Kier molecular flexibility index (Phi) is 2.82. The van der Waals surface area contributed by atoms with Crippen LogP contribution in [0.3, 0.4) is 0 Å². The molecule has 0 unspecified atom stereocenters. The number of aryl methyl sites for hydroxylation is 1. The van der Waals surface area contributed by atoms with E-state index < -0.39 is 0 Å². The molecule has 1 saturated carbocycles. The molecular weight excluding hydrogens is 256 g/mol. The number of hydrogen-bond acceptors (Lipinski definition) is 1. The van der Waals surface area contributed by atoms with Crippen molar-refractivity contribution in [1.29, 1.82) is 0 Å². The van der Waals surface area contributed by atoms with E-state index >= 15 is 0 Å². The normalized spacial score (nSPS) is 31.0. The second kappa shape index (κ2) is 4.50. The van der Waals surface area contributed by atoms with E-state index in [1.165, 1.54) is 36.5 Å². The Labute approximate surface area is 127 Å². The predicted octanol–water partition coefficient (Wildman–Crippen LogP) is 5.31. The second-order valence-corrected chi connectivity index (χ2v) is 7.47. The molecule has 2 aliphatic carbocycles. The minimum Gasteiger partial charge on any atom is -0.497 e. The van der Waals surface area contributed by atoms with E-state index in [9.17, 15) is 0 Å². The molecule has 1 nitrogen and oxygen atoms in total. The van der Waals surface area contributed by atoms with Gasteiger partial charge in [0.1, 0.15) is 5.75 Å². The number of ether oxygens (including phenoxy) is 1. The average Bonchev–Trinajstić information content (AvgIpc) is 2.80. The van der Waals surface area contributed by atoms with E-state index in [2.05, 4.69) is 44.2 Å². The van der Waals surface area contributed by atoms with Gasteiger partial charge in [0.05, 0.1) is 7.11 Å². The largest absolute Gasteiger partial charge is 0.497 e. The van der Waals surface area contributed by atoms with Crippen LogP contribution in [0.2, 0.25) is 0 Å². The van der Waals surface area contributed by atoms with Gasteiger partial charge in [-0.1, -0.05) is 32.0 Å². The lowest BCUT2D eigenvalue weighted by Gasteiger charge is -2.38. The summed E-state index contributed by atoms with van der Waals surface area (Å²) in [6.45, 7) is 4.94. The van der Waals surface area contributed by atoms with Crippen molar-refractivity contribution in [1.82, 2.24) is 0 Å². The van der Waals surface area contributed by atoms with E-state index in [1.54, 1.807) is 18.2 Å². The van der Waals surface area contributed by atoms with Crippen molar-refractivity contribution >= 4 is 10.8 Å². The van der Waals surface area contributed by atoms with Gasteiger partial charge in [-0.2, -0.15) is 0 Å². The van der Waals surface area contributed by atoms with Crippen molar-refractivity contribution in [3.05, 3.63) is 41.5 Å². The topological polar surface area (TPSA) is 9.23 Å². The van der Waals surface area contributed by atoms with Gasteiger partial charge in [0.25, 0.3) is 0 Å². The number of hydrogen-bond donors (Lipinski definition) is 0. The van der Waals surface area contributed by atoms with Gasteiger partial charge in [-0.3, -0.25) is 0 Å². The Morgan fingerprint density at radius 2 is 2.00 bits per heavy atom. The summed E-state index contributed by atoms with van der Waals surface area (Å²) in [5.74, 6) is 2.60. The number of benzene rings is 2. The van der Waals surface area contributed by atoms with Crippen LogP contribution in [0.4, 0.5) is 0 Å². The summed E-state index contributed by atoms with van der Waals surface area (Å²) in [5, 5.41) is 2.76. The van der Waals surface area contributed by atoms with Crippen LogP contribution in [0.15, 0.2) is 30.3 Å². The molecule has 4 rings (SSSR count). The Morgan fingerprint density at radius 3 is 2.81 bits per heavy atom.